The van der Waals surface area contributed by atoms with E-state index in [2.05, 4.69) is 41.5 Å². The Labute approximate surface area is 195 Å². The van der Waals surface area contributed by atoms with Crippen molar-refractivity contribution in [3.8, 4) is 0 Å². The van der Waals surface area contributed by atoms with Crippen LogP contribution < -0.4 is 0 Å². The van der Waals surface area contributed by atoms with Gasteiger partial charge in [0.25, 0.3) is 0 Å². The van der Waals surface area contributed by atoms with Gasteiger partial charge in [0, 0.05) is 23.6 Å². The van der Waals surface area contributed by atoms with Crippen molar-refractivity contribution in [1.82, 2.24) is 4.90 Å². The molecule has 0 aromatic heterocycles. The molecule has 31 heavy (non-hydrogen) atoms. The molecule has 174 valence electrons. The first kappa shape index (κ1) is 27.4. The SMILES string of the molecule is CCC(CC(C)C)(C(C)C(C)=O)N(CC(C)CC(C)C)C(=O)C=Cc1ccccc1Cl. The minimum Gasteiger partial charge on any atom is -0.333 e. The number of amides is 1. The zero-order chi connectivity index (χ0) is 23.8. The Kier molecular flexibility index (Phi) is 11.0. The summed E-state index contributed by atoms with van der Waals surface area (Å²) >= 11 is 6.29. The number of nitrogens with zero attached hydrogens (tertiary/aromatic N) is 1. The number of Topliss-reactive ketones (excluding diaryl/α,β-unsaturated/α-hetero) is 1. The molecule has 0 heterocycles. The summed E-state index contributed by atoms with van der Waals surface area (Å²) in [4.78, 5) is 28.2. The largest absolute Gasteiger partial charge is 0.333 e. The van der Waals surface area contributed by atoms with Gasteiger partial charge in [-0.1, -0.05) is 78.3 Å². The number of rotatable bonds is 12. The van der Waals surface area contributed by atoms with Crippen molar-refractivity contribution in [2.24, 2.45) is 23.7 Å². The van der Waals surface area contributed by atoms with E-state index in [9.17, 15) is 9.59 Å². The summed E-state index contributed by atoms with van der Waals surface area (Å²) in [5, 5.41) is 0.618. The molecule has 1 rings (SSSR count). The smallest absolute Gasteiger partial charge is 0.247 e. The molecule has 0 N–H and O–H groups in total. The summed E-state index contributed by atoms with van der Waals surface area (Å²) in [6, 6.07) is 7.50. The standard InChI is InChI=1S/C27H42ClNO2/c1-9-27(17-20(4)5,22(7)23(8)30)29(18-21(6)16-19(2)3)26(31)15-14-24-12-10-11-13-25(24)28/h10-15,19-22H,9,16-18H2,1-8H3. The highest BCUT2D eigenvalue weighted by atomic mass is 35.5. The van der Waals surface area contributed by atoms with Gasteiger partial charge in [0.15, 0.2) is 0 Å². The van der Waals surface area contributed by atoms with Crippen LogP contribution in [0.15, 0.2) is 30.3 Å². The van der Waals surface area contributed by atoms with Gasteiger partial charge in [0.1, 0.15) is 5.78 Å². The molecule has 0 radical (unpaired) electrons. The molecule has 0 bridgehead atoms. The van der Waals surface area contributed by atoms with Crippen molar-refractivity contribution in [2.45, 2.75) is 80.2 Å². The number of halogens is 1. The minimum atomic E-state index is -0.507. The number of carbonyl (C=O) groups excluding carboxylic acids is 2. The maximum atomic E-state index is 13.6. The topological polar surface area (TPSA) is 37.4 Å². The van der Waals surface area contributed by atoms with Gasteiger partial charge in [0.2, 0.25) is 5.91 Å². The Hall–Kier alpha value is -1.61. The first-order valence-corrected chi connectivity index (χ1v) is 12.1. The lowest BCUT2D eigenvalue weighted by molar-refractivity contribution is -0.141. The third-order valence-corrected chi connectivity index (χ3v) is 6.62. The Balaban J connectivity index is 3.45. The van der Waals surface area contributed by atoms with E-state index < -0.39 is 5.54 Å². The van der Waals surface area contributed by atoms with Crippen LogP contribution in [0.1, 0.15) is 80.2 Å². The normalized spacial score (nSPS) is 15.8. The van der Waals surface area contributed by atoms with Crippen molar-refractivity contribution in [1.29, 1.82) is 0 Å². The molecule has 3 unspecified atom stereocenters. The van der Waals surface area contributed by atoms with Crippen LogP contribution in [0.4, 0.5) is 0 Å². The summed E-state index contributed by atoms with van der Waals surface area (Å²) in [5.74, 6) is 1.11. The molecule has 0 saturated carbocycles. The monoisotopic (exact) mass is 447 g/mol. The van der Waals surface area contributed by atoms with Crippen LogP contribution in [0, 0.1) is 23.7 Å². The van der Waals surface area contributed by atoms with Crippen molar-refractivity contribution in [3.63, 3.8) is 0 Å². The van der Waals surface area contributed by atoms with E-state index >= 15 is 0 Å². The maximum Gasteiger partial charge on any atom is 0.247 e. The van der Waals surface area contributed by atoms with E-state index in [1.54, 1.807) is 19.1 Å². The second kappa shape index (κ2) is 12.4. The van der Waals surface area contributed by atoms with Gasteiger partial charge in [0.05, 0.1) is 5.54 Å². The van der Waals surface area contributed by atoms with E-state index in [1.807, 2.05) is 36.1 Å². The zero-order valence-corrected chi connectivity index (χ0v) is 21.5. The zero-order valence-electron chi connectivity index (χ0n) is 20.7. The average Bonchev–Trinajstić information content (AvgIpc) is 2.68. The van der Waals surface area contributed by atoms with Gasteiger partial charge in [-0.25, -0.2) is 0 Å². The number of benzene rings is 1. The molecule has 3 atom stereocenters. The van der Waals surface area contributed by atoms with E-state index in [0.717, 1.165) is 24.8 Å². The Bertz CT molecular complexity index is 755. The van der Waals surface area contributed by atoms with Gasteiger partial charge in [-0.05, 0) is 61.6 Å². The molecule has 1 aromatic rings. The lowest BCUT2D eigenvalue weighted by Gasteiger charge is -2.49. The highest BCUT2D eigenvalue weighted by molar-refractivity contribution is 6.32. The summed E-state index contributed by atoms with van der Waals surface area (Å²) in [6.07, 6.45) is 5.99. The van der Waals surface area contributed by atoms with E-state index in [0.29, 0.717) is 29.3 Å². The van der Waals surface area contributed by atoms with Crippen LogP contribution in [0.25, 0.3) is 6.08 Å². The van der Waals surface area contributed by atoms with Crippen LogP contribution in [0.3, 0.4) is 0 Å². The molecule has 3 nitrogen and oxygen atoms in total. The Morgan fingerprint density at radius 2 is 1.68 bits per heavy atom. The molecule has 1 amide bonds. The maximum absolute atomic E-state index is 13.6. The molecule has 0 aliphatic heterocycles. The third-order valence-electron chi connectivity index (χ3n) is 6.27. The van der Waals surface area contributed by atoms with Crippen LogP contribution in [-0.2, 0) is 9.59 Å². The second-order valence-corrected chi connectivity index (χ2v) is 10.3. The lowest BCUT2D eigenvalue weighted by atomic mass is 9.73. The molecule has 0 fully saturated rings. The summed E-state index contributed by atoms with van der Waals surface area (Å²) in [6.45, 7) is 17.3. The lowest BCUT2D eigenvalue weighted by Crippen LogP contribution is -2.58. The first-order valence-electron chi connectivity index (χ1n) is 11.7. The van der Waals surface area contributed by atoms with Gasteiger partial charge in [-0.2, -0.15) is 0 Å². The molecular formula is C27H42ClNO2. The number of hydrogen-bond donors (Lipinski definition) is 0. The average molecular weight is 448 g/mol. The van der Waals surface area contributed by atoms with E-state index in [1.165, 1.54) is 0 Å². The fourth-order valence-corrected chi connectivity index (χ4v) is 4.99. The molecule has 4 heteroatoms. The minimum absolute atomic E-state index is 0.0499. The molecule has 0 aliphatic carbocycles. The van der Waals surface area contributed by atoms with Gasteiger partial charge < -0.3 is 4.90 Å². The van der Waals surface area contributed by atoms with Gasteiger partial charge in [-0.15, -0.1) is 0 Å². The van der Waals surface area contributed by atoms with Gasteiger partial charge in [-0.3, -0.25) is 9.59 Å². The fourth-order valence-electron chi connectivity index (χ4n) is 4.79. The predicted molar refractivity (Wildman–Crippen MR) is 133 cm³/mol. The second-order valence-electron chi connectivity index (χ2n) is 9.93. The van der Waals surface area contributed by atoms with Crippen molar-refractivity contribution in [3.05, 3.63) is 40.9 Å². The van der Waals surface area contributed by atoms with Crippen molar-refractivity contribution >= 4 is 29.4 Å². The van der Waals surface area contributed by atoms with Crippen LogP contribution >= 0.6 is 11.6 Å². The number of ketones is 1. The van der Waals surface area contributed by atoms with Crippen LogP contribution in [0.2, 0.25) is 5.02 Å². The van der Waals surface area contributed by atoms with E-state index in [-0.39, 0.29) is 17.6 Å². The highest BCUT2D eigenvalue weighted by Crippen LogP contribution is 2.37. The van der Waals surface area contributed by atoms with Crippen LogP contribution in [-0.4, -0.2) is 28.7 Å². The van der Waals surface area contributed by atoms with Crippen molar-refractivity contribution < 1.29 is 9.59 Å². The summed E-state index contributed by atoms with van der Waals surface area (Å²) in [7, 11) is 0. The van der Waals surface area contributed by atoms with Gasteiger partial charge >= 0.3 is 0 Å². The first-order chi connectivity index (χ1) is 14.4. The molecule has 0 spiro atoms. The summed E-state index contributed by atoms with van der Waals surface area (Å²) in [5.41, 5.74) is 0.311. The molecular weight excluding hydrogens is 406 g/mol. The summed E-state index contributed by atoms with van der Waals surface area (Å²) < 4.78 is 0. The number of hydrogen-bond acceptors (Lipinski definition) is 2. The molecule has 0 saturated heterocycles. The number of carbonyl (C=O) groups is 2. The van der Waals surface area contributed by atoms with E-state index in [4.69, 9.17) is 11.6 Å². The quantitative estimate of drug-likeness (QED) is 0.315. The van der Waals surface area contributed by atoms with Crippen molar-refractivity contribution in [2.75, 3.05) is 6.54 Å². The Morgan fingerprint density at radius 3 is 2.16 bits per heavy atom. The van der Waals surface area contributed by atoms with Crippen LogP contribution in [0.5, 0.6) is 0 Å². The predicted octanol–water partition coefficient (Wildman–Crippen LogP) is 7.28. The fraction of sp³-hybridized carbons (Fsp3) is 0.630. The third kappa shape index (κ3) is 7.79. The Morgan fingerprint density at radius 1 is 1.06 bits per heavy atom. The highest BCUT2D eigenvalue weighted by Gasteiger charge is 2.44. The molecule has 1 aromatic carbocycles. The molecule has 0 aliphatic rings.